The van der Waals surface area contributed by atoms with Crippen LogP contribution >= 0.6 is 0 Å². The number of nitrogen functional groups attached to an aromatic ring is 1. The van der Waals surface area contributed by atoms with Crippen LogP contribution in [0.25, 0.3) is 0 Å². The second kappa shape index (κ2) is 4.76. The molecule has 1 aromatic rings. The lowest BCUT2D eigenvalue weighted by atomic mass is 10.4. The minimum absolute atomic E-state index is 0.108. The molecule has 0 atom stereocenters. The summed E-state index contributed by atoms with van der Waals surface area (Å²) in [5, 5.41) is 8.85. The molecule has 5 nitrogen and oxygen atoms in total. The highest BCUT2D eigenvalue weighted by Crippen LogP contribution is 2.12. The van der Waals surface area contributed by atoms with Gasteiger partial charge in [0.15, 0.2) is 0 Å². The van der Waals surface area contributed by atoms with Crippen molar-refractivity contribution >= 4 is 11.6 Å². The zero-order valence-electron chi connectivity index (χ0n) is 8.56. The molecule has 0 spiro atoms. The third-order valence-electron chi connectivity index (χ3n) is 1.92. The minimum atomic E-state index is 0.108. The molecule has 0 saturated carbocycles. The number of aryl methyl sites for hydroxylation is 1. The Kier molecular flexibility index (Phi) is 3.64. The number of nitrogens with two attached hydrogens (primary N) is 1. The summed E-state index contributed by atoms with van der Waals surface area (Å²) < 4.78 is 0. The number of hydrogen-bond donors (Lipinski definition) is 2. The highest BCUT2D eigenvalue weighted by Gasteiger charge is 2.06. The van der Waals surface area contributed by atoms with Gasteiger partial charge in [-0.15, -0.1) is 0 Å². The van der Waals surface area contributed by atoms with Gasteiger partial charge < -0.3 is 15.7 Å². The highest BCUT2D eigenvalue weighted by molar-refractivity contribution is 5.46. The number of anilines is 2. The standard InChI is InChI=1S/C9H16N4O/c1-3-13(4-5-14)9-6-8(10)11-7(2)12-9/h6,14H,3-5H2,1-2H3,(H2,10,11,12). The Morgan fingerprint density at radius 2 is 2.21 bits per heavy atom. The van der Waals surface area contributed by atoms with Crippen LogP contribution in [0.15, 0.2) is 6.07 Å². The van der Waals surface area contributed by atoms with Crippen molar-refractivity contribution in [2.45, 2.75) is 13.8 Å². The van der Waals surface area contributed by atoms with Crippen LogP contribution in [-0.4, -0.2) is 34.8 Å². The predicted octanol–water partition coefficient (Wildman–Crippen LogP) is 0.186. The molecule has 5 heteroatoms. The van der Waals surface area contributed by atoms with Gasteiger partial charge in [0.25, 0.3) is 0 Å². The molecular formula is C9H16N4O. The van der Waals surface area contributed by atoms with E-state index >= 15 is 0 Å². The van der Waals surface area contributed by atoms with Crippen LogP contribution in [0.1, 0.15) is 12.7 Å². The Balaban J connectivity index is 2.91. The van der Waals surface area contributed by atoms with E-state index in [2.05, 4.69) is 9.97 Å². The largest absolute Gasteiger partial charge is 0.395 e. The third-order valence-corrected chi connectivity index (χ3v) is 1.92. The van der Waals surface area contributed by atoms with Gasteiger partial charge in [-0.05, 0) is 13.8 Å². The van der Waals surface area contributed by atoms with Crippen LogP contribution in [0.4, 0.5) is 11.6 Å². The van der Waals surface area contributed by atoms with E-state index in [4.69, 9.17) is 10.8 Å². The van der Waals surface area contributed by atoms with Gasteiger partial charge in [0, 0.05) is 19.2 Å². The van der Waals surface area contributed by atoms with E-state index < -0.39 is 0 Å². The van der Waals surface area contributed by atoms with Crippen molar-refractivity contribution in [1.82, 2.24) is 9.97 Å². The van der Waals surface area contributed by atoms with E-state index in [0.29, 0.717) is 18.2 Å². The van der Waals surface area contributed by atoms with Crippen LogP contribution in [0, 0.1) is 6.92 Å². The molecule has 0 unspecified atom stereocenters. The van der Waals surface area contributed by atoms with Crippen LogP contribution < -0.4 is 10.6 Å². The number of nitrogens with zero attached hydrogens (tertiary/aromatic N) is 3. The Bertz CT molecular complexity index is 283. The average molecular weight is 196 g/mol. The van der Waals surface area contributed by atoms with E-state index in [1.165, 1.54) is 0 Å². The lowest BCUT2D eigenvalue weighted by Crippen LogP contribution is -2.27. The maximum Gasteiger partial charge on any atom is 0.134 e. The Morgan fingerprint density at radius 1 is 1.50 bits per heavy atom. The normalized spacial score (nSPS) is 10.2. The molecule has 0 bridgehead atoms. The predicted molar refractivity (Wildman–Crippen MR) is 56.2 cm³/mol. The first-order valence-corrected chi connectivity index (χ1v) is 4.64. The zero-order valence-corrected chi connectivity index (χ0v) is 8.56. The highest BCUT2D eigenvalue weighted by atomic mass is 16.3. The van der Waals surface area contributed by atoms with Crippen molar-refractivity contribution in [3.63, 3.8) is 0 Å². The van der Waals surface area contributed by atoms with Crippen LogP contribution in [0.3, 0.4) is 0 Å². The lowest BCUT2D eigenvalue weighted by Gasteiger charge is -2.20. The van der Waals surface area contributed by atoms with Gasteiger partial charge in [-0.3, -0.25) is 0 Å². The molecule has 0 saturated heterocycles. The Hall–Kier alpha value is -1.36. The molecule has 3 N–H and O–H groups in total. The first-order chi connectivity index (χ1) is 6.67. The number of aliphatic hydroxyl groups excluding tert-OH is 1. The third kappa shape index (κ3) is 2.56. The number of aliphatic hydroxyl groups is 1. The molecule has 78 valence electrons. The summed E-state index contributed by atoms with van der Waals surface area (Å²) in [5.41, 5.74) is 5.61. The average Bonchev–Trinajstić information content (AvgIpc) is 2.12. The minimum Gasteiger partial charge on any atom is -0.395 e. The summed E-state index contributed by atoms with van der Waals surface area (Å²) in [6.07, 6.45) is 0. The van der Waals surface area contributed by atoms with Crippen LogP contribution in [-0.2, 0) is 0 Å². The van der Waals surface area contributed by atoms with Crippen molar-refractivity contribution in [1.29, 1.82) is 0 Å². The molecule has 0 radical (unpaired) electrons. The lowest BCUT2D eigenvalue weighted by molar-refractivity contribution is 0.302. The first-order valence-electron chi connectivity index (χ1n) is 4.64. The maximum absolute atomic E-state index is 8.85. The fourth-order valence-corrected chi connectivity index (χ4v) is 1.29. The van der Waals surface area contributed by atoms with Crippen molar-refractivity contribution in [2.75, 3.05) is 30.3 Å². The maximum atomic E-state index is 8.85. The van der Waals surface area contributed by atoms with Crippen molar-refractivity contribution < 1.29 is 5.11 Å². The van der Waals surface area contributed by atoms with Crippen molar-refractivity contribution in [3.8, 4) is 0 Å². The summed E-state index contributed by atoms with van der Waals surface area (Å²) >= 11 is 0. The van der Waals surface area contributed by atoms with Crippen LogP contribution in [0.5, 0.6) is 0 Å². The van der Waals surface area contributed by atoms with Gasteiger partial charge >= 0.3 is 0 Å². The summed E-state index contributed by atoms with van der Waals surface area (Å²) in [5.74, 6) is 1.88. The van der Waals surface area contributed by atoms with Gasteiger partial charge in [0.2, 0.25) is 0 Å². The molecule has 0 amide bonds. The van der Waals surface area contributed by atoms with Gasteiger partial charge in [-0.1, -0.05) is 0 Å². The van der Waals surface area contributed by atoms with Crippen molar-refractivity contribution in [2.24, 2.45) is 0 Å². The second-order valence-electron chi connectivity index (χ2n) is 3.00. The smallest absolute Gasteiger partial charge is 0.134 e. The summed E-state index contributed by atoms with van der Waals surface area (Å²) in [6.45, 7) is 5.26. The molecule has 1 heterocycles. The molecular weight excluding hydrogens is 180 g/mol. The Morgan fingerprint density at radius 3 is 2.71 bits per heavy atom. The number of aromatic nitrogens is 2. The molecule has 1 rings (SSSR count). The van der Waals surface area contributed by atoms with Gasteiger partial charge in [0.05, 0.1) is 6.61 Å². The van der Waals surface area contributed by atoms with E-state index in [-0.39, 0.29) is 6.61 Å². The quantitative estimate of drug-likeness (QED) is 0.718. The van der Waals surface area contributed by atoms with E-state index in [1.807, 2.05) is 11.8 Å². The summed E-state index contributed by atoms with van der Waals surface area (Å²) in [6, 6.07) is 1.71. The van der Waals surface area contributed by atoms with E-state index in [1.54, 1.807) is 13.0 Å². The number of likely N-dealkylation sites (N-methyl/N-ethyl adjacent to an activating group) is 1. The SMILES string of the molecule is CCN(CCO)c1cc(N)nc(C)n1. The fraction of sp³-hybridized carbons (Fsp3) is 0.556. The number of hydrogen-bond acceptors (Lipinski definition) is 5. The monoisotopic (exact) mass is 196 g/mol. The molecule has 14 heavy (non-hydrogen) atoms. The molecule has 1 aromatic heterocycles. The summed E-state index contributed by atoms with van der Waals surface area (Å²) in [7, 11) is 0. The topological polar surface area (TPSA) is 75.3 Å². The van der Waals surface area contributed by atoms with Gasteiger partial charge in [-0.2, -0.15) is 0 Å². The van der Waals surface area contributed by atoms with Gasteiger partial charge in [0.1, 0.15) is 17.5 Å². The van der Waals surface area contributed by atoms with Crippen molar-refractivity contribution in [3.05, 3.63) is 11.9 Å². The summed E-state index contributed by atoms with van der Waals surface area (Å²) in [4.78, 5) is 10.2. The first kappa shape index (κ1) is 10.7. The van der Waals surface area contributed by atoms with E-state index in [0.717, 1.165) is 12.4 Å². The molecule has 0 aliphatic rings. The molecule has 0 aliphatic carbocycles. The van der Waals surface area contributed by atoms with E-state index in [9.17, 15) is 0 Å². The van der Waals surface area contributed by atoms with Gasteiger partial charge in [-0.25, -0.2) is 9.97 Å². The zero-order chi connectivity index (χ0) is 10.6. The van der Waals surface area contributed by atoms with Crippen LogP contribution in [0.2, 0.25) is 0 Å². The molecule has 0 aliphatic heterocycles. The Labute approximate surface area is 83.6 Å². The molecule has 0 aromatic carbocycles. The second-order valence-corrected chi connectivity index (χ2v) is 3.00. The number of rotatable bonds is 4. The fourth-order valence-electron chi connectivity index (χ4n) is 1.29. The molecule has 0 fully saturated rings.